The van der Waals surface area contributed by atoms with Gasteiger partial charge in [-0.05, 0) is 56.2 Å². The summed E-state index contributed by atoms with van der Waals surface area (Å²) in [4.78, 5) is 46.0. The van der Waals surface area contributed by atoms with Crippen molar-refractivity contribution in [1.29, 1.82) is 0 Å². The number of ether oxygens (including phenoxy) is 1. The topological polar surface area (TPSA) is 220 Å². The number of hydrogen-bond acceptors (Lipinski definition) is 10. The van der Waals surface area contributed by atoms with Gasteiger partial charge >= 0.3 is 0 Å². The Morgan fingerprint density at radius 1 is 1.02 bits per heavy atom. The number of allylic oxidation sites excluding steroid dienone is 1. The van der Waals surface area contributed by atoms with Crippen LogP contribution in [0.25, 0.3) is 11.2 Å². The van der Waals surface area contributed by atoms with Gasteiger partial charge in [-0.1, -0.05) is 32.9 Å². The third-order valence-corrected chi connectivity index (χ3v) is 13.2. The van der Waals surface area contributed by atoms with E-state index < -0.39 is 26.0 Å². The molecule has 268 valence electrons. The molecule has 0 unspecified atom stereocenters. The molecule has 0 fully saturated rings. The maximum absolute atomic E-state index is 13.3. The molecule has 0 radical (unpaired) electrons. The lowest BCUT2D eigenvalue weighted by atomic mass is 10.1. The van der Waals surface area contributed by atoms with Gasteiger partial charge in [-0.3, -0.25) is 28.9 Å². The molecule has 0 aliphatic rings. The number of nitrogens with two attached hydrogens (primary N) is 3. The number of pyridine rings is 1. The highest BCUT2D eigenvalue weighted by molar-refractivity contribution is 6.74. The predicted molar refractivity (Wildman–Crippen MR) is 197 cm³/mol. The minimum absolute atomic E-state index is 0.104. The molecule has 0 saturated heterocycles. The highest BCUT2D eigenvalue weighted by atomic mass is 28.4. The number of carbonyl (C=O) groups excluding carboxylic acids is 3. The molecule has 0 spiro atoms. The number of amides is 3. The third-order valence-electron chi connectivity index (χ3n) is 8.61. The third kappa shape index (κ3) is 8.86. The van der Waals surface area contributed by atoms with Gasteiger partial charge in [0.15, 0.2) is 14.0 Å². The van der Waals surface area contributed by atoms with Gasteiger partial charge < -0.3 is 31.7 Å². The number of fused-ring (bicyclic) bond motifs is 1. The minimum atomic E-state index is -1.89. The van der Waals surface area contributed by atoms with E-state index in [1.807, 2.05) is 26.0 Å². The summed E-state index contributed by atoms with van der Waals surface area (Å²) in [6.07, 6.45) is 5.75. The van der Waals surface area contributed by atoms with Crippen LogP contribution in [0.5, 0.6) is 5.75 Å². The fraction of sp³-hybridized carbons (Fsp3) is 0.412. The van der Waals surface area contributed by atoms with Crippen molar-refractivity contribution in [2.75, 3.05) is 36.1 Å². The Morgan fingerprint density at radius 3 is 2.40 bits per heavy atom. The maximum atomic E-state index is 13.3. The molecule has 50 heavy (non-hydrogen) atoms. The Hall–Kier alpha value is -5.22. The van der Waals surface area contributed by atoms with Gasteiger partial charge in [-0.25, -0.2) is 9.97 Å². The minimum Gasteiger partial charge on any atom is -0.491 e. The highest BCUT2D eigenvalue weighted by Crippen LogP contribution is 2.37. The standard InChI is InChI=1S/C34H48N10O5Si/c1-8-44-26(16-21(2)42-44)32(47)41-33-40-25-18-23(30(37)46)20-39-31(25)43(33)13-10-9-12-38-28-24(35)17-22(29(36)45)19-27(28)48-14-11-15-49-50(6,7)34(3,4)5/h9-10,16-20,38H,8,11-15,35H2,1-7H3,(H2,36,45)(H2,37,46)(H,40,41,47)/b10-9+. The van der Waals surface area contributed by atoms with Crippen LogP contribution in [0.4, 0.5) is 17.3 Å². The molecular formula is C34H48N10O5Si. The van der Waals surface area contributed by atoms with Crippen LogP contribution < -0.4 is 32.6 Å². The number of aryl methyl sites for hydroxylation is 2. The van der Waals surface area contributed by atoms with E-state index in [9.17, 15) is 14.4 Å². The zero-order chi connectivity index (χ0) is 36.8. The van der Waals surface area contributed by atoms with Crippen molar-refractivity contribution >= 4 is 54.5 Å². The quantitative estimate of drug-likeness (QED) is 0.0477. The molecule has 0 atom stereocenters. The largest absolute Gasteiger partial charge is 0.491 e. The number of hydrogen-bond donors (Lipinski definition) is 5. The van der Waals surface area contributed by atoms with Gasteiger partial charge in [-0.2, -0.15) is 5.10 Å². The molecule has 0 bridgehead atoms. The molecule has 4 rings (SSSR count). The number of nitrogens with one attached hydrogen (secondary N) is 2. The van der Waals surface area contributed by atoms with E-state index in [-0.39, 0.29) is 28.7 Å². The van der Waals surface area contributed by atoms with Gasteiger partial charge in [0.2, 0.25) is 17.8 Å². The van der Waals surface area contributed by atoms with Crippen molar-refractivity contribution in [3.63, 3.8) is 0 Å². The van der Waals surface area contributed by atoms with Crippen LogP contribution in [-0.2, 0) is 17.5 Å². The second-order valence-corrected chi connectivity index (χ2v) is 18.2. The molecule has 1 aromatic carbocycles. The van der Waals surface area contributed by atoms with Crippen LogP contribution in [0.2, 0.25) is 18.1 Å². The van der Waals surface area contributed by atoms with E-state index in [0.29, 0.717) is 72.4 Å². The number of anilines is 3. The summed E-state index contributed by atoms with van der Waals surface area (Å²) in [6.45, 7) is 16.7. The number of imidazole rings is 1. The molecule has 8 N–H and O–H groups in total. The van der Waals surface area contributed by atoms with Crippen molar-refractivity contribution < 1.29 is 23.5 Å². The number of carbonyl (C=O) groups is 3. The number of rotatable bonds is 16. The molecule has 4 aromatic rings. The smallest absolute Gasteiger partial charge is 0.276 e. The van der Waals surface area contributed by atoms with Crippen molar-refractivity contribution in [3.8, 4) is 5.75 Å². The second-order valence-electron chi connectivity index (χ2n) is 13.4. The van der Waals surface area contributed by atoms with Crippen LogP contribution in [0.15, 0.2) is 42.6 Å². The van der Waals surface area contributed by atoms with Crippen LogP contribution in [0.1, 0.15) is 71.0 Å². The van der Waals surface area contributed by atoms with E-state index >= 15 is 0 Å². The maximum Gasteiger partial charge on any atom is 0.276 e. The summed E-state index contributed by atoms with van der Waals surface area (Å²) in [5, 5.41) is 10.6. The molecule has 16 heteroatoms. The number of primary amides is 2. The number of aromatic nitrogens is 5. The Labute approximate surface area is 292 Å². The normalized spacial score (nSPS) is 12.1. The summed E-state index contributed by atoms with van der Waals surface area (Å²) >= 11 is 0. The first-order valence-electron chi connectivity index (χ1n) is 16.4. The molecular weight excluding hydrogens is 657 g/mol. The van der Waals surface area contributed by atoms with E-state index in [0.717, 1.165) is 0 Å². The molecule has 15 nitrogen and oxygen atoms in total. The van der Waals surface area contributed by atoms with Gasteiger partial charge in [0.05, 0.1) is 23.6 Å². The lowest BCUT2D eigenvalue weighted by molar-refractivity contribution is 0.0991. The first-order chi connectivity index (χ1) is 23.5. The van der Waals surface area contributed by atoms with Crippen molar-refractivity contribution in [1.82, 2.24) is 24.3 Å². The number of nitrogen functional groups attached to an aromatic ring is 1. The summed E-state index contributed by atoms with van der Waals surface area (Å²) in [5.41, 5.74) is 20.5. The molecule has 3 amide bonds. The Kier molecular flexibility index (Phi) is 11.7. The molecule has 3 heterocycles. The molecule has 0 aliphatic heterocycles. The first kappa shape index (κ1) is 37.6. The summed E-state index contributed by atoms with van der Waals surface area (Å²) in [6, 6.07) is 6.31. The fourth-order valence-electron chi connectivity index (χ4n) is 4.84. The Morgan fingerprint density at radius 2 is 1.74 bits per heavy atom. The lowest BCUT2D eigenvalue weighted by Gasteiger charge is -2.36. The molecule has 0 aliphatic carbocycles. The van der Waals surface area contributed by atoms with Gasteiger partial charge in [0.1, 0.15) is 22.6 Å². The second kappa shape index (κ2) is 15.5. The van der Waals surface area contributed by atoms with Crippen molar-refractivity contribution in [2.45, 2.75) is 72.3 Å². The van der Waals surface area contributed by atoms with Gasteiger partial charge in [0.25, 0.3) is 5.91 Å². The van der Waals surface area contributed by atoms with E-state index in [4.69, 9.17) is 26.4 Å². The van der Waals surface area contributed by atoms with Crippen LogP contribution in [0.3, 0.4) is 0 Å². The number of benzene rings is 1. The fourth-order valence-corrected chi connectivity index (χ4v) is 5.93. The first-order valence-corrected chi connectivity index (χ1v) is 19.3. The van der Waals surface area contributed by atoms with E-state index in [1.165, 1.54) is 18.3 Å². The lowest BCUT2D eigenvalue weighted by Crippen LogP contribution is -2.41. The van der Waals surface area contributed by atoms with E-state index in [1.54, 1.807) is 21.4 Å². The van der Waals surface area contributed by atoms with Crippen LogP contribution in [0, 0.1) is 6.92 Å². The van der Waals surface area contributed by atoms with Crippen molar-refractivity contribution in [2.24, 2.45) is 11.5 Å². The van der Waals surface area contributed by atoms with Crippen LogP contribution in [-0.4, -0.2) is 70.1 Å². The number of nitrogens with zero attached hydrogens (tertiary/aromatic N) is 5. The van der Waals surface area contributed by atoms with Crippen LogP contribution >= 0.6 is 0 Å². The van der Waals surface area contributed by atoms with Gasteiger partial charge in [-0.15, -0.1) is 0 Å². The zero-order valence-electron chi connectivity index (χ0n) is 29.8. The van der Waals surface area contributed by atoms with E-state index in [2.05, 4.69) is 59.6 Å². The summed E-state index contributed by atoms with van der Waals surface area (Å²) in [7, 11) is -1.89. The average molecular weight is 705 g/mol. The predicted octanol–water partition coefficient (Wildman–Crippen LogP) is 4.45. The van der Waals surface area contributed by atoms with Gasteiger partial charge in [0, 0.05) is 44.4 Å². The molecule has 3 aromatic heterocycles. The summed E-state index contributed by atoms with van der Waals surface area (Å²) < 4.78 is 15.6. The highest BCUT2D eigenvalue weighted by Gasteiger charge is 2.36. The Bertz CT molecular complexity index is 1910. The van der Waals surface area contributed by atoms with Crippen molar-refractivity contribution in [3.05, 3.63) is 65.1 Å². The average Bonchev–Trinajstić information content (AvgIpc) is 3.59. The monoisotopic (exact) mass is 704 g/mol. The Balaban J connectivity index is 1.49. The SMILES string of the molecule is CCn1nc(C)cc1C(=O)Nc1nc2cc(C(N)=O)cnc2n1C/C=C/CNc1c(N)cc(C(N)=O)cc1OCCCO[Si](C)(C)C(C)(C)C. The molecule has 0 saturated carbocycles. The summed E-state index contributed by atoms with van der Waals surface area (Å²) in [5.74, 6) is -1.01. The zero-order valence-corrected chi connectivity index (χ0v) is 30.8.